The molecule has 0 unspecified atom stereocenters. The van der Waals surface area contributed by atoms with Crippen LogP contribution >= 0.6 is 11.3 Å². The molecule has 0 fully saturated rings. The molecule has 0 bridgehead atoms. The molecule has 1 aromatic carbocycles. The Bertz CT molecular complexity index is 650. The van der Waals surface area contributed by atoms with E-state index in [0.29, 0.717) is 0 Å². The fraction of sp³-hybridized carbons (Fsp3) is 0.100. The highest BCUT2D eigenvalue weighted by molar-refractivity contribution is 7.90. The summed E-state index contributed by atoms with van der Waals surface area (Å²) in [5.41, 5.74) is 0.829. The molecule has 0 saturated heterocycles. The van der Waals surface area contributed by atoms with Crippen LogP contribution in [0.4, 0.5) is 0 Å². The van der Waals surface area contributed by atoms with Crippen LogP contribution in [0.15, 0.2) is 40.2 Å². The summed E-state index contributed by atoms with van der Waals surface area (Å²) in [6.07, 6.45) is 2.78. The number of hydrogen-bond acceptors (Lipinski definition) is 4. The Balaban J connectivity index is 2.44. The fourth-order valence-corrected chi connectivity index (χ4v) is 2.61. The number of thiazole rings is 1. The highest BCUT2D eigenvalue weighted by Crippen LogP contribution is 2.22. The number of aromatic amines is 1. The van der Waals surface area contributed by atoms with E-state index in [0.717, 1.165) is 28.0 Å². The van der Waals surface area contributed by atoms with Crippen molar-refractivity contribution in [2.45, 2.75) is 4.90 Å². The standard InChI is InChI=1S/C10H9NO3S2/c1-16(13,14)8-4-2-7(3-5-8)9-6-11-10(12)15-9/h2-6H,1H3,(H,11,12). The average molecular weight is 255 g/mol. The Morgan fingerprint density at radius 3 is 2.25 bits per heavy atom. The van der Waals surface area contributed by atoms with E-state index in [-0.39, 0.29) is 9.77 Å². The molecule has 84 valence electrons. The van der Waals surface area contributed by atoms with Crippen molar-refractivity contribution in [3.05, 3.63) is 40.1 Å². The molecule has 1 N–H and O–H groups in total. The maximum absolute atomic E-state index is 11.2. The topological polar surface area (TPSA) is 67.0 Å². The lowest BCUT2D eigenvalue weighted by molar-refractivity contribution is 0.602. The minimum atomic E-state index is -3.16. The van der Waals surface area contributed by atoms with Gasteiger partial charge in [-0.05, 0) is 17.7 Å². The summed E-state index contributed by atoms with van der Waals surface area (Å²) in [5, 5.41) is 0. The second-order valence-corrected chi connectivity index (χ2v) is 6.37. The van der Waals surface area contributed by atoms with Crippen LogP contribution in [0.1, 0.15) is 0 Å². The summed E-state index contributed by atoms with van der Waals surface area (Å²) in [6.45, 7) is 0. The van der Waals surface area contributed by atoms with E-state index in [4.69, 9.17) is 0 Å². The predicted molar refractivity (Wildman–Crippen MR) is 63.5 cm³/mol. The summed E-state index contributed by atoms with van der Waals surface area (Å²) in [6, 6.07) is 6.45. The molecule has 0 saturated carbocycles. The zero-order valence-electron chi connectivity index (χ0n) is 8.43. The van der Waals surface area contributed by atoms with Crippen molar-refractivity contribution in [2.75, 3.05) is 6.26 Å². The largest absolute Gasteiger partial charge is 0.319 e. The number of H-pyrrole nitrogens is 1. The van der Waals surface area contributed by atoms with Crippen LogP contribution in [-0.2, 0) is 9.84 Å². The van der Waals surface area contributed by atoms with Crippen molar-refractivity contribution in [1.82, 2.24) is 4.98 Å². The van der Waals surface area contributed by atoms with E-state index in [2.05, 4.69) is 4.98 Å². The Morgan fingerprint density at radius 1 is 1.19 bits per heavy atom. The van der Waals surface area contributed by atoms with Gasteiger partial charge in [0.2, 0.25) is 0 Å². The molecule has 0 radical (unpaired) electrons. The fourth-order valence-electron chi connectivity index (χ4n) is 1.29. The highest BCUT2D eigenvalue weighted by Gasteiger charge is 2.07. The lowest BCUT2D eigenvalue weighted by Gasteiger charge is -1.99. The van der Waals surface area contributed by atoms with Gasteiger partial charge in [-0.2, -0.15) is 0 Å². The van der Waals surface area contributed by atoms with E-state index in [9.17, 15) is 13.2 Å². The molecule has 2 rings (SSSR count). The van der Waals surface area contributed by atoms with Crippen molar-refractivity contribution < 1.29 is 8.42 Å². The SMILES string of the molecule is CS(=O)(=O)c1ccc(-c2c[nH]c(=O)s2)cc1. The van der Waals surface area contributed by atoms with Gasteiger partial charge in [-0.3, -0.25) is 4.79 Å². The van der Waals surface area contributed by atoms with E-state index < -0.39 is 9.84 Å². The van der Waals surface area contributed by atoms with Gasteiger partial charge in [0.05, 0.1) is 9.77 Å². The molecule has 0 aliphatic carbocycles. The number of nitrogens with one attached hydrogen (secondary N) is 1. The molecule has 0 amide bonds. The van der Waals surface area contributed by atoms with Gasteiger partial charge >= 0.3 is 4.87 Å². The van der Waals surface area contributed by atoms with Crippen LogP contribution in [0.25, 0.3) is 10.4 Å². The van der Waals surface area contributed by atoms with Crippen molar-refractivity contribution in [3.63, 3.8) is 0 Å². The Labute approximate surface area is 96.5 Å². The Kier molecular flexibility index (Phi) is 2.69. The molecular formula is C10H9NO3S2. The van der Waals surface area contributed by atoms with E-state index in [1.165, 1.54) is 12.1 Å². The van der Waals surface area contributed by atoms with E-state index in [1.807, 2.05) is 0 Å². The van der Waals surface area contributed by atoms with Crippen LogP contribution in [0.2, 0.25) is 0 Å². The Hall–Kier alpha value is -1.40. The number of hydrogen-bond donors (Lipinski definition) is 1. The van der Waals surface area contributed by atoms with Crippen molar-refractivity contribution >= 4 is 21.2 Å². The number of aromatic nitrogens is 1. The first-order valence-corrected chi connectivity index (χ1v) is 7.16. The van der Waals surface area contributed by atoms with Gasteiger partial charge < -0.3 is 4.98 Å². The monoisotopic (exact) mass is 255 g/mol. The van der Waals surface area contributed by atoms with Crippen molar-refractivity contribution in [1.29, 1.82) is 0 Å². The van der Waals surface area contributed by atoms with Gasteiger partial charge in [-0.25, -0.2) is 8.42 Å². The lowest BCUT2D eigenvalue weighted by Crippen LogP contribution is -1.95. The molecule has 16 heavy (non-hydrogen) atoms. The van der Waals surface area contributed by atoms with E-state index in [1.54, 1.807) is 18.3 Å². The maximum atomic E-state index is 11.2. The minimum Gasteiger partial charge on any atom is -0.319 e. The second kappa shape index (κ2) is 3.88. The first kappa shape index (κ1) is 11.1. The van der Waals surface area contributed by atoms with Crippen molar-refractivity contribution in [3.8, 4) is 10.4 Å². The smallest absolute Gasteiger partial charge is 0.305 e. The molecule has 4 nitrogen and oxygen atoms in total. The highest BCUT2D eigenvalue weighted by atomic mass is 32.2. The van der Waals surface area contributed by atoms with Crippen LogP contribution in [0.3, 0.4) is 0 Å². The summed E-state index contributed by atoms with van der Waals surface area (Å²) in [4.78, 5) is 14.5. The third-order valence-corrected chi connectivity index (χ3v) is 4.10. The molecule has 0 aliphatic heterocycles. The summed E-state index contributed by atoms with van der Waals surface area (Å²) in [7, 11) is -3.16. The molecule has 0 atom stereocenters. The molecule has 0 aliphatic rings. The third kappa shape index (κ3) is 2.23. The van der Waals surface area contributed by atoms with Crippen LogP contribution in [0, 0.1) is 0 Å². The van der Waals surface area contributed by atoms with Gasteiger partial charge in [0.15, 0.2) is 9.84 Å². The zero-order chi connectivity index (χ0) is 11.8. The van der Waals surface area contributed by atoms with E-state index >= 15 is 0 Å². The third-order valence-electron chi connectivity index (χ3n) is 2.09. The zero-order valence-corrected chi connectivity index (χ0v) is 10.1. The van der Waals surface area contributed by atoms with Crippen LogP contribution in [0.5, 0.6) is 0 Å². The Morgan fingerprint density at radius 2 is 1.81 bits per heavy atom. The predicted octanol–water partition coefficient (Wildman–Crippen LogP) is 1.51. The van der Waals surface area contributed by atoms with Gasteiger partial charge in [0.25, 0.3) is 0 Å². The number of rotatable bonds is 2. The molecule has 1 heterocycles. The summed E-state index contributed by atoms with van der Waals surface area (Å²) in [5.74, 6) is 0. The quantitative estimate of drug-likeness (QED) is 0.884. The lowest BCUT2D eigenvalue weighted by atomic mass is 10.2. The number of benzene rings is 1. The molecular weight excluding hydrogens is 246 g/mol. The normalized spacial score (nSPS) is 11.6. The first-order valence-electron chi connectivity index (χ1n) is 4.46. The summed E-state index contributed by atoms with van der Waals surface area (Å²) < 4.78 is 22.5. The van der Waals surface area contributed by atoms with Gasteiger partial charge in [0, 0.05) is 12.5 Å². The minimum absolute atomic E-state index is 0.123. The maximum Gasteiger partial charge on any atom is 0.305 e. The summed E-state index contributed by atoms with van der Waals surface area (Å²) >= 11 is 1.09. The molecule has 2 aromatic rings. The van der Waals surface area contributed by atoms with Gasteiger partial charge in [-0.15, -0.1) is 0 Å². The van der Waals surface area contributed by atoms with Crippen LogP contribution in [-0.4, -0.2) is 19.7 Å². The van der Waals surface area contributed by atoms with Crippen LogP contribution < -0.4 is 4.87 Å². The average Bonchev–Trinajstić information content (AvgIpc) is 2.64. The first-order chi connectivity index (χ1) is 7.47. The number of sulfone groups is 1. The molecule has 6 heteroatoms. The molecule has 0 spiro atoms. The van der Waals surface area contributed by atoms with Gasteiger partial charge in [0.1, 0.15) is 0 Å². The van der Waals surface area contributed by atoms with Crippen molar-refractivity contribution in [2.24, 2.45) is 0 Å². The van der Waals surface area contributed by atoms with Gasteiger partial charge in [-0.1, -0.05) is 23.5 Å². The molecule has 1 aromatic heterocycles. The second-order valence-electron chi connectivity index (χ2n) is 3.34.